The van der Waals surface area contributed by atoms with Crippen LogP contribution in [0, 0.1) is 11.3 Å². The van der Waals surface area contributed by atoms with E-state index in [4.69, 9.17) is 14.7 Å². The minimum atomic E-state index is -0.736. The molecular formula is C24H28N4O4. The summed E-state index contributed by atoms with van der Waals surface area (Å²) in [4.78, 5) is 28.8. The van der Waals surface area contributed by atoms with Gasteiger partial charge in [-0.25, -0.2) is 9.78 Å². The molecule has 0 unspecified atom stereocenters. The standard InChI is InChI=1S/C24H28N4O4/c1-5-19(28-23(30)32-24(2,3)4)22(29)27-17-9-11-21(26-14-17)31-20-10-6-15(13-25)12-18(20)16-7-8-16/h6,9-12,14,16,19H,5,7-8H2,1-4H3,(H,27,29)(H,28,30)/t19-/m1/s1. The van der Waals surface area contributed by atoms with E-state index in [1.807, 2.05) is 6.07 Å². The number of anilines is 1. The summed E-state index contributed by atoms with van der Waals surface area (Å²) >= 11 is 0. The van der Waals surface area contributed by atoms with Crippen LogP contribution in [0.2, 0.25) is 0 Å². The molecule has 8 nitrogen and oxygen atoms in total. The monoisotopic (exact) mass is 436 g/mol. The van der Waals surface area contributed by atoms with Gasteiger partial charge in [-0.2, -0.15) is 5.26 Å². The van der Waals surface area contributed by atoms with Gasteiger partial charge < -0.3 is 20.1 Å². The highest BCUT2D eigenvalue weighted by molar-refractivity contribution is 5.96. The maximum atomic E-state index is 12.5. The Bertz CT molecular complexity index is 1020. The summed E-state index contributed by atoms with van der Waals surface area (Å²) in [5.41, 5.74) is 1.46. The van der Waals surface area contributed by atoms with Gasteiger partial charge in [-0.05, 0) is 75.8 Å². The Morgan fingerprint density at radius 2 is 2.00 bits per heavy atom. The number of amides is 2. The van der Waals surface area contributed by atoms with Crippen molar-refractivity contribution < 1.29 is 19.1 Å². The van der Waals surface area contributed by atoms with Gasteiger partial charge in [0.2, 0.25) is 11.8 Å². The summed E-state index contributed by atoms with van der Waals surface area (Å²) in [5.74, 6) is 1.12. The summed E-state index contributed by atoms with van der Waals surface area (Å²) < 4.78 is 11.1. The number of hydrogen-bond donors (Lipinski definition) is 2. The van der Waals surface area contributed by atoms with E-state index in [9.17, 15) is 9.59 Å². The van der Waals surface area contributed by atoms with E-state index in [0.717, 1.165) is 18.4 Å². The van der Waals surface area contributed by atoms with Crippen LogP contribution in [0.3, 0.4) is 0 Å². The SMILES string of the molecule is CC[C@@H](NC(=O)OC(C)(C)C)C(=O)Nc1ccc(Oc2ccc(C#N)cc2C2CC2)nc1. The summed E-state index contributed by atoms with van der Waals surface area (Å²) in [6.07, 6.45) is 3.42. The van der Waals surface area contributed by atoms with Crippen molar-refractivity contribution in [1.29, 1.82) is 5.26 Å². The lowest BCUT2D eigenvalue weighted by molar-refractivity contribution is -0.118. The Morgan fingerprint density at radius 1 is 1.25 bits per heavy atom. The molecule has 1 heterocycles. The number of aromatic nitrogens is 1. The molecule has 0 saturated heterocycles. The molecule has 2 amide bonds. The highest BCUT2D eigenvalue weighted by atomic mass is 16.6. The molecule has 0 radical (unpaired) electrons. The van der Waals surface area contributed by atoms with Crippen molar-refractivity contribution in [2.75, 3.05) is 5.32 Å². The third-order valence-corrected chi connectivity index (χ3v) is 4.79. The van der Waals surface area contributed by atoms with Gasteiger partial charge >= 0.3 is 6.09 Å². The molecule has 0 aliphatic heterocycles. The predicted molar refractivity (Wildman–Crippen MR) is 120 cm³/mol. The zero-order valence-corrected chi connectivity index (χ0v) is 18.8. The number of pyridine rings is 1. The number of ether oxygens (including phenoxy) is 2. The van der Waals surface area contributed by atoms with Gasteiger partial charge in [0.1, 0.15) is 17.4 Å². The molecule has 8 heteroatoms. The van der Waals surface area contributed by atoms with Crippen LogP contribution in [0.1, 0.15) is 64.0 Å². The van der Waals surface area contributed by atoms with Gasteiger partial charge in [0, 0.05) is 6.07 Å². The fraction of sp³-hybridized carbons (Fsp3) is 0.417. The maximum Gasteiger partial charge on any atom is 0.408 e. The third kappa shape index (κ3) is 6.45. The normalized spacial score (nSPS) is 14.1. The summed E-state index contributed by atoms with van der Waals surface area (Å²) in [6, 6.07) is 10.1. The van der Waals surface area contributed by atoms with Crippen molar-refractivity contribution in [3.8, 4) is 17.7 Å². The van der Waals surface area contributed by atoms with Crippen LogP contribution in [-0.2, 0) is 9.53 Å². The number of benzene rings is 1. The molecule has 2 N–H and O–H groups in total. The van der Waals surface area contributed by atoms with Crippen molar-refractivity contribution in [3.63, 3.8) is 0 Å². The Kier molecular flexibility index (Phi) is 6.98. The molecule has 1 aliphatic carbocycles. The van der Waals surface area contributed by atoms with Crippen LogP contribution in [0.5, 0.6) is 11.6 Å². The average molecular weight is 437 g/mol. The Labute approximate surface area is 187 Å². The van der Waals surface area contributed by atoms with Gasteiger partial charge in [0.15, 0.2) is 0 Å². The molecule has 1 saturated carbocycles. The number of carbonyl (C=O) groups is 2. The zero-order valence-electron chi connectivity index (χ0n) is 18.8. The molecule has 1 aliphatic rings. The van der Waals surface area contributed by atoms with Crippen LogP contribution < -0.4 is 15.4 Å². The predicted octanol–water partition coefficient (Wildman–Crippen LogP) is 4.86. The fourth-order valence-electron chi connectivity index (χ4n) is 3.08. The largest absolute Gasteiger partial charge is 0.444 e. The first-order chi connectivity index (χ1) is 15.2. The lowest BCUT2D eigenvalue weighted by Crippen LogP contribution is -2.45. The Hall–Kier alpha value is -3.60. The van der Waals surface area contributed by atoms with Crippen LogP contribution in [0.4, 0.5) is 10.5 Å². The van der Waals surface area contributed by atoms with Crippen molar-refractivity contribution >= 4 is 17.7 Å². The van der Waals surface area contributed by atoms with Gasteiger partial charge in [-0.3, -0.25) is 4.79 Å². The van der Waals surface area contributed by atoms with Gasteiger partial charge in [0.05, 0.1) is 23.5 Å². The van der Waals surface area contributed by atoms with Crippen molar-refractivity contribution in [2.24, 2.45) is 0 Å². The first-order valence-electron chi connectivity index (χ1n) is 10.7. The van der Waals surface area contributed by atoms with Crippen LogP contribution in [0.15, 0.2) is 36.5 Å². The second kappa shape index (κ2) is 9.69. The average Bonchev–Trinajstić information content (AvgIpc) is 3.57. The number of rotatable bonds is 7. The topological polar surface area (TPSA) is 113 Å². The molecule has 1 fully saturated rings. The number of nitriles is 1. The first-order valence-corrected chi connectivity index (χ1v) is 10.7. The molecule has 168 valence electrons. The van der Waals surface area contributed by atoms with Gasteiger partial charge in [-0.15, -0.1) is 0 Å². The van der Waals surface area contributed by atoms with Crippen molar-refractivity contribution in [2.45, 2.75) is 64.5 Å². The lowest BCUT2D eigenvalue weighted by Gasteiger charge is -2.22. The van der Waals surface area contributed by atoms with E-state index in [1.165, 1.54) is 6.20 Å². The number of hydrogen-bond acceptors (Lipinski definition) is 6. The van der Waals surface area contributed by atoms with Crippen LogP contribution in [0.25, 0.3) is 0 Å². The first kappa shape index (κ1) is 23.1. The lowest BCUT2D eigenvalue weighted by atomic mass is 10.1. The molecule has 32 heavy (non-hydrogen) atoms. The van der Waals surface area contributed by atoms with E-state index < -0.39 is 17.7 Å². The molecule has 0 spiro atoms. The highest BCUT2D eigenvalue weighted by Gasteiger charge is 2.27. The van der Waals surface area contributed by atoms with Crippen molar-refractivity contribution in [1.82, 2.24) is 10.3 Å². The van der Waals surface area contributed by atoms with Gasteiger partial charge in [-0.1, -0.05) is 6.92 Å². The van der Waals surface area contributed by atoms with E-state index in [-0.39, 0.29) is 5.91 Å². The van der Waals surface area contributed by atoms with E-state index in [2.05, 4.69) is 21.7 Å². The summed E-state index contributed by atoms with van der Waals surface area (Å²) in [6.45, 7) is 7.07. The zero-order chi connectivity index (χ0) is 23.3. The number of nitrogens with zero attached hydrogens (tertiary/aromatic N) is 2. The Balaban J connectivity index is 1.61. The molecule has 1 aromatic heterocycles. The number of alkyl carbamates (subject to hydrolysis) is 1. The molecular weight excluding hydrogens is 408 g/mol. The summed E-state index contributed by atoms with van der Waals surface area (Å²) in [7, 11) is 0. The van der Waals surface area contributed by atoms with Crippen LogP contribution in [-0.4, -0.2) is 28.6 Å². The Morgan fingerprint density at radius 3 is 2.56 bits per heavy atom. The highest BCUT2D eigenvalue weighted by Crippen LogP contribution is 2.45. The van der Waals surface area contributed by atoms with Crippen LogP contribution >= 0.6 is 0 Å². The molecule has 2 aromatic rings. The maximum absolute atomic E-state index is 12.5. The molecule has 1 aromatic carbocycles. The number of carbonyl (C=O) groups excluding carboxylic acids is 2. The summed E-state index contributed by atoms with van der Waals surface area (Å²) in [5, 5.41) is 14.5. The van der Waals surface area contributed by atoms with E-state index in [0.29, 0.717) is 35.2 Å². The second-order valence-electron chi connectivity index (χ2n) is 8.72. The minimum absolute atomic E-state index is 0.364. The molecule has 1 atom stereocenters. The molecule has 0 bridgehead atoms. The number of nitrogens with one attached hydrogen (secondary N) is 2. The quantitative estimate of drug-likeness (QED) is 0.640. The van der Waals surface area contributed by atoms with Crippen molar-refractivity contribution in [3.05, 3.63) is 47.7 Å². The molecule has 3 rings (SSSR count). The van der Waals surface area contributed by atoms with E-state index >= 15 is 0 Å². The minimum Gasteiger partial charge on any atom is -0.444 e. The van der Waals surface area contributed by atoms with E-state index in [1.54, 1.807) is 52.0 Å². The third-order valence-electron chi connectivity index (χ3n) is 4.79. The second-order valence-corrected chi connectivity index (χ2v) is 8.72. The van der Waals surface area contributed by atoms with Gasteiger partial charge in [0.25, 0.3) is 0 Å². The fourth-order valence-corrected chi connectivity index (χ4v) is 3.08. The smallest absolute Gasteiger partial charge is 0.408 e.